The lowest BCUT2D eigenvalue weighted by Crippen LogP contribution is -2.29. The van der Waals surface area contributed by atoms with Gasteiger partial charge in [-0.05, 0) is 19.3 Å². The van der Waals surface area contributed by atoms with E-state index in [0.717, 1.165) is 0 Å². The lowest BCUT2D eigenvalue weighted by Gasteiger charge is -1.99. The fourth-order valence-electron chi connectivity index (χ4n) is 0.554. The molecule has 1 aliphatic rings. The average Bonchev–Trinajstić information content (AvgIpc) is 2.08. The second-order valence-electron chi connectivity index (χ2n) is 1.51. The minimum Gasteiger partial charge on any atom is -0.480 e. The first-order chi connectivity index (χ1) is 4.97. The van der Waals surface area contributed by atoms with Crippen LogP contribution < -0.4 is 5.32 Å². The second kappa shape index (κ2) is 2.13. The minimum absolute atomic E-state index is 0.0931. The zero-order valence-corrected chi connectivity index (χ0v) is 4.22. The number of rotatable bonds is 1. The van der Waals surface area contributed by atoms with Crippen LogP contribution in [-0.2, 0) is 4.79 Å². The fourth-order valence-corrected chi connectivity index (χ4v) is 0.554. The van der Waals surface area contributed by atoms with Crippen LogP contribution in [0.3, 0.4) is 0 Å². The summed E-state index contributed by atoms with van der Waals surface area (Å²) < 4.78 is 21.5. The number of aliphatic carboxylic acids is 1. The number of nitrogens with one attached hydrogen (secondary N) is 1. The van der Waals surface area contributed by atoms with E-state index in [0.29, 0.717) is 0 Å². The number of carboxylic acid groups (broad SMARTS) is 1. The summed E-state index contributed by atoms with van der Waals surface area (Å²) in [5.41, 5.74) is 0. The highest BCUT2D eigenvalue weighted by Gasteiger charge is 2.20. The van der Waals surface area contributed by atoms with Gasteiger partial charge in [-0.15, -0.1) is 0 Å². The molecule has 46 valence electrons. The van der Waals surface area contributed by atoms with Crippen LogP contribution in [-0.4, -0.2) is 23.6 Å². The van der Waals surface area contributed by atoms with Crippen molar-refractivity contribution in [2.45, 2.75) is 18.8 Å². The maximum Gasteiger partial charge on any atom is 0.320 e. The van der Waals surface area contributed by atoms with Gasteiger partial charge in [0.15, 0.2) is 0 Å². The Morgan fingerprint density at radius 3 is 3.12 bits per heavy atom. The summed E-state index contributed by atoms with van der Waals surface area (Å²) in [5, 5.41) is 10.7. The molecular formula is C5H9NO2. The predicted molar refractivity (Wildman–Crippen MR) is 28.7 cm³/mol. The molecule has 1 heterocycles. The first-order valence-corrected chi connectivity index (χ1v) is 2.32. The van der Waals surface area contributed by atoms with E-state index in [9.17, 15) is 4.79 Å². The Hall–Kier alpha value is -0.570. The number of hydrogen-bond acceptors (Lipinski definition) is 2. The largest absolute Gasteiger partial charge is 0.480 e. The summed E-state index contributed by atoms with van der Waals surface area (Å²) in [6.45, 7) is -0.800. The first kappa shape index (κ1) is 2.82. The van der Waals surface area contributed by atoms with Crippen molar-refractivity contribution >= 4 is 5.97 Å². The third kappa shape index (κ3) is 0.980. The van der Waals surface area contributed by atoms with Crippen molar-refractivity contribution < 1.29 is 14.0 Å². The van der Waals surface area contributed by atoms with Crippen LogP contribution in [0.25, 0.3) is 0 Å². The molecule has 3 heteroatoms. The number of hydrogen-bond donors (Lipinski definition) is 2. The molecule has 0 amide bonds. The van der Waals surface area contributed by atoms with Gasteiger partial charge in [0.2, 0.25) is 0 Å². The van der Waals surface area contributed by atoms with Crippen LogP contribution in [0.1, 0.15) is 16.9 Å². The van der Waals surface area contributed by atoms with Gasteiger partial charge in [-0.25, -0.2) is 0 Å². The molecular weight excluding hydrogens is 106 g/mol. The molecule has 8 heavy (non-hydrogen) atoms. The zero-order chi connectivity index (χ0) is 8.65. The molecule has 1 fully saturated rings. The van der Waals surface area contributed by atoms with Crippen LogP contribution >= 0.6 is 0 Å². The van der Waals surface area contributed by atoms with Gasteiger partial charge in [0.25, 0.3) is 0 Å². The van der Waals surface area contributed by atoms with Crippen molar-refractivity contribution in [3.05, 3.63) is 0 Å². The summed E-state index contributed by atoms with van der Waals surface area (Å²) in [6, 6.07) is -1.98. The molecule has 0 radical (unpaired) electrons. The van der Waals surface area contributed by atoms with Crippen molar-refractivity contribution in [2.75, 3.05) is 6.52 Å². The Morgan fingerprint density at radius 2 is 2.88 bits per heavy atom. The molecule has 0 bridgehead atoms. The zero-order valence-electron chi connectivity index (χ0n) is 7.22. The molecule has 0 aromatic carbocycles. The number of carboxylic acids is 1. The molecule has 2 unspecified atom stereocenters. The van der Waals surface area contributed by atoms with Crippen molar-refractivity contribution in [3.8, 4) is 0 Å². The predicted octanol–water partition coefficient (Wildman–Crippen LogP) is -0.177. The summed E-state index contributed by atoms with van der Waals surface area (Å²) in [4.78, 5) is 10.4. The first-order valence-electron chi connectivity index (χ1n) is 3.98. The highest BCUT2D eigenvalue weighted by Crippen LogP contribution is 2.03. The van der Waals surface area contributed by atoms with Gasteiger partial charge < -0.3 is 10.4 Å². The molecule has 3 nitrogen and oxygen atoms in total. The molecule has 3 atom stereocenters. The summed E-state index contributed by atoms with van der Waals surface area (Å²) >= 11 is 0. The Bertz CT molecular complexity index is 189. The van der Waals surface area contributed by atoms with Gasteiger partial charge in [-0.3, -0.25) is 4.79 Å². The van der Waals surface area contributed by atoms with E-state index < -0.39 is 24.9 Å². The van der Waals surface area contributed by atoms with E-state index >= 15 is 0 Å². The normalized spacial score (nSPS) is 61.2. The van der Waals surface area contributed by atoms with Crippen LogP contribution in [0.5, 0.6) is 0 Å². The van der Waals surface area contributed by atoms with Crippen molar-refractivity contribution in [3.63, 3.8) is 0 Å². The van der Waals surface area contributed by atoms with Crippen LogP contribution in [0, 0.1) is 0 Å². The van der Waals surface area contributed by atoms with Gasteiger partial charge in [0, 0.05) is 2.74 Å². The lowest BCUT2D eigenvalue weighted by atomic mass is 10.2. The Labute approximate surface area is 51.9 Å². The van der Waals surface area contributed by atoms with Crippen molar-refractivity contribution in [1.82, 2.24) is 5.32 Å². The van der Waals surface area contributed by atoms with E-state index in [1.165, 1.54) is 0 Å². The molecule has 0 aliphatic carbocycles. The lowest BCUT2D eigenvalue weighted by molar-refractivity contribution is -0.139. The van der Waals surface area contributed by atoms with E-state index in [2.05, 4.69) is 5.32 Å². The van der Waals surface area contributed by atoms with Crippen LogP contribution in [0.4, 0.5) is 0 Å². The molecule has 2 N–H and O–H groups in total. The molecule has 0 aromatic heterocycles. The minimum atomic E-state index is -1.98. The van der Waals surface area contributed by atoms with Gasteiger partial charge in [-0.2, -0.15) is 0 Å². The molecule has 1 rings (SSSR count). The monoisotopic (exact) mass is 121 g/mol. The third-order valence-electron chi connectivity index (χ3n) is 0.928. The Balaban J connectivity index is 2.79. The summed E-state index contributed by atoms with van der Waals surface area (Å²) in [5.74, 6) is -1.38. The van der Waals surface area contributed by atoms with Gasteiger partial charge in [0.05, 0.1) is 1.37 Å². The van der Waals surface area contributed by atoms with E-state index in [1.54, 1.807) is 0 Å². The molecule has 1 aliphatic heterocycles. The average molecular weight is 121 g/mol. The molecule has 0 aromatic rings. The smallest absolute Gasteiger partial charge is 0.320 e. The van der Waals surface area contributed by atoms with Crippen LogP contribution in [0.2, 0.25) is 0 Å². The summed E-state index contributed by atoms with van der Waals surface area (Å²) in [7, 11) is 0. The molecule has 1 saturated heterocycles. The highest BCUT2D eigenvalue weighted by atomic mass is 16.4. The SMILES string of the molecule is [3H]C1CC([3H])[C@@]([3H])(C(=O)O)N1. The fraction of sp³-hybridized carbons (Fsp3) is 0.800. The molecule has 0 saturated carbocycles. The van der Waals surface area contributed by atoms with E-state index in [1.807, 2.05) is 0 Å². The topological polar surface area (TPSA) is 49.3 Å². The van der Waals surface area contributed by atoms with Gasteiger partial charge in [0.1, 0.15) is 6.02 Å². The second-order valence-corrected chi connectivity index (χ2v) is 1.51. The van der Waals surface area contributed by atoms with Crippen molar-refractivity contribution in [2.24, 2.45) is 0 Å². The van der Waals surface area contributed by atoms with Gasteiger partial charge in [-0.1, -0.05) is 0 Å². The van der Waals surface area contributed by atoms with E-state index in [-0.39, 0.29) is 6.42 Å². The third-order valence-corrected chi connectivity index (χ3v) is 0.928. The standard InChI is InChI=1S/C5H9NO2/c7-5(8)4-2-1-3-6-4/h4,6H,1-3H2,(H,7,8)/t4-/m0/s1/i2T,3T,4T/t2?,3?,4-. The number of carbonyl (C=O) groups is 1. The van der Waals surface area contributed by atoms with Gasteiger partial charge >= 0.3 is 5.97 Å². The van der Waals surface area contributed by atoms with Crippen LogP contribution in [0.15, 0.2) is 0 Å². The maximum atomic E-state index is 10.4. The quantitative estimate of drug-likeness (QED) is 0.506. The highest BCUT2D eigenvalue weighted by molar-refractivity contribution is 5.73. The maximum absolute atomic E-state index is 10.4. The summed E-state index contributed by atoms with van der Waals surface area (Å²) in [6.07, 6.45) is -0.960. The van der Waals surface area contributed by atoms with E-state index in [4.69, 9.17) is 9.22 Å². The Kier molecular flexibility index (Phi) is 0.753. The molecule has 0 spiro atoms. The Morgan fingerprint density at radius 1 is 2.12 bits per heavy atom. The van der Waals surface area contributed by atoms with Crippen molar-refractivity contribution in [1.29, 1.82) is 0 Å².